The van der Waals surface area contributed by atoms with Gasteiger partial charge in [0.2, 0.25) is 0 Å². The molecule has 1 atom stereocenters. The molecule has 1 heterocycles. The summed E-state index contributed by atoms with van der Waals surface area (Å²) < 4.78 is 0. The smallest absolute Gasteiger partial charge is 0.335 e. The van der Waals surface area contributed by atoms with Gasteiger partial charge in [-0.15, -0.1) is 0 Å². The second kappa shape index (κ2) is 5.01. The number of phenols is 1. The van der Waals surface area contributed by atoms with Crippen molar-refractivity contribution in [3.05, 3.63) is 29.3 Å². The van der Waals surface area contributed by atoms with Crippen LogP contribution in [0.15, 0.2) is 18.2 Å². The molecule has 0 amide bonds. The number of carboxylic acid groups (broad SMARTS) is 1. The van der Waals surface area contributed by atoms with Crippen molar-refractivity contribution in [1.82, 2.24) is 0 Å². The predicted molar refractivity (Wildman–Crippen MR) is 67.6 cm³/mol. The van der Waals surface area contributed by atoms with Crippen LogP contribution in [0.5, 0.6) is 5.75 Å². The van der Waals surface area contributed by atoms with E-state index in [1.54, 1.807) is 17.8 Å². The minimum Gasteiger partial charge on any atom is -0.508 e. The highest BCUT2D eigenvalue weighted by Crippen LogP contribution is 2.40. The minimum atomic E-state index is -0.949. The average Bonchev–Trinajstić information content (AvgIpc) is 2.30. The molecule has 16 heavy (non-hydrogen) atoms. The summed E-state index contributed by atoms with van der Waals surface area (Å²) in [6, 6.07) is 4.49. The standard InChI is InChI=1S/C11H12O3S2/c12-9-2-1-7(11(13)14)5-8(9)10-6-15-3-4-16-10/h1-2,5,10,12H,3-4,6H2,(H,13,14). The van der Waals surface area contributed by atoms with Crippen molar-refractivity contribution < 1.29 is 15.0 Å². The first kappa shape index (κ1) is 11.7. The van der Waals surface area contributed by atoms with Crippen molar-refractivity contribution in [1.29, 1.82) is 0 Å². The number of aromatic hydroxyl groups is 1. The molecule has 1 aromatic carbocycles. The van der Waals surface area contributed by atoms with Gasteiger partial charge in [-0.2, -0.15) is 23.5 Å². The summed E-state index contributed by atoms with van der Waals surface area (Å²) in [7, 11) is 0. The van der Waals surface area contributed by atoms with E-state index in [1.165, 1.54) is 12.1 Å². The van der Waals surface area contributed by atoms with E-state index in [2.05, 4.69) is 0 Å². The number of hydrogen-bond acceptors (Lipinski definition) is 4. The number of thioether (sulfide) groups is 2. The van der Waals surface area contributed by atoms with E-state index in [9.17, 15) is 9.90 Å². The fourth-order valence-electron chi connectivity index (χ4n) is 1.61. The van der Waals surface area contributed by atoms with Crippen molar-refractivity contribution in [2.24, 2.45) is 0 Å². The van der Waals surface area contributed by atoms with Crippen molar-refractivity contribution in [2.75, 3.05) is 17.3 Å². The van der Waals surface area contributed by atoms with Gasteiger partial charge in [0.1, 0.15) is 5.75 Å². The van der Waals surface area contributed by atoms with Gasteiger partial charge in [0.15, 0.2) is 0 Å². The molecule has 1 aromatic rings. The fraction of sp³-hybridized carbons (Fsp3) is 0.364. The van der Waals surface area contributed by atoms with Gasteiger partial charge in [0, 0.05) is 28.1 Å². The molecule has 2 rings (SSSR count). The summed E-state index contributed by atoms with van der Waals surface area (Å²) in [4.78, 5) is 10.9. The lowest BCUT2D eigenvalue weighted by molar-refractivity contribution is 0.0697. The Morgan fingerprint density at radius 3 is 2.81 bits per heavy atom. The van der Waals surface area contributed by atoms with Crippen LogP contribution in [-0.2, 0) is 0 Å². The first-order chi connectivity index (χ1) is 7.68. The number of rotatable bonds is 2. The van der Waals surface area contributed by atoms with Crippen molar-refractivity contribution in [3.63, 3.8) is 0 Å². The van der Waals surface area contributed by atoms with Crippen LogP contribution in [0.4, 0.5) is 0 Å². The topological polar surface area (TPSA) is 57.5 Å². The molecule has 1 aliphatic heterocycles. The molecule has 1 saturated heterocycles. The minimum absolute atomic E-state index is 0.199. The predicted octanol–water partition coefficient (Wildman–Crippen LogP) is 2.61. The van der Waals surface area contributed by atoms with Gasteiger partial charge in [-0.1, -0.05) is 0 Å². The summed E-state index contributed by atoms with van der Waals surface area (Å²) >= 11 is 3.62. The van der Waals surface area contributed by atoms with Crippen LogP contribution < -0.4 is 0 Å². The number of carbonyl (C=O) groups is 1. The molecule has 0 radical (unpaired) electrons. The van der Waals surface area contributed by atoms with Crippen molar-refractivity contribution >= 4 is 29.5 Å². The maximum Gasteiger partial charge on any atom is 0.335 e. The molecule has 0 spiro atoms. The third kappa shape index (κ3) is 2.47. The molecular formula is C11H12O3S2. The zero-order valence-corrected chi connectivity index (χ0v) is 10.2. The zero-order valence-electron chi connectivity index (χ0n) is 8.55. The summed E-state index contributed by atoms with van der Waals surface area (Å²) in [5.41, 5.74) is 0.987. The number of carboxylic acids is 1. The van der Waals surface area contributed by atoms with E-state index < -0.39 is 5.97 Å². The molecule has 2 N–H and O–H groups in total. The van der Waals surface area contributed by atoms with Crippen LogP contribution >= 0.6 is 23.5 Å². The van der Waals surface area contributed by atoms with Gasteiger partial charge in [-0.3, -0.25) is 0 Å². The summed E-state index contributed by atoms with van der Waals surface area (Å²) in [5.74, 6) is 2.35. The Kier molecular flexibility index (Phi) is 3.66. The first-order valence-electron chi connectivity index (χ1n) is 4.94. The summed E-state index contributed by atoms with van der Waals surface area (Å²) in [5, 5.41) is 18.9. The Bertz CT molecular complexity index is 400. The van der Waals surface area contributed by atoms with Crippen molar-refractivity contribution in [2.45, 2.75) is 5.25 Å². The molecule has 0 aliphatic carbocycles. The molecule has 0 bridgehead atoms. The molecule has 86 valence electrons. The molecule has 3 nitrogen and oxygen atoms in total. The van der Waals surface area contributed by atoms with Gasteiger partial charge in [0.05, 0.1) is 5.56 Å². The van der Waals surface area contributed by atoms with Gasteiger partial charge in [-0.05, 0) is 18.2 Å². The van der Waals surface area contributed by atoms with E-state index in [-0.39, 0.29) is 16.6 Å². The maximum absolute atomic E-state index is 10.9. The highest BCUT2D eigenvalue weighted by molar-refractivity contribution is 8.06. The lowest BCUT2D eigenvalue weighted by atomic mass is 10.1. The van der Waals surface area contributed by atoms with Crippen molar-refractivity contribution in [3.8, 4) is 5.75 Å². The van der Waals surface area contributed by atoms with Crippen LogP contribution in [0.1, 0.15) is 21.2 Å². The van der Waals surface area contributed by atoms with E-state index in [1.807, 2.05) is 11.8 Å². The van der Waals surface area contributed by atoms with Gasteiger partial charge in [0.25, 0.3) is 0 Å². The van der Waals surface area contributed by atoms with Crippen LogP contribution in [0.25, 0.3) is 0 Å². The lowest BCUT2D eigenvalue weighted by Gasteiger charge is -2.22. The zero-order chi connectivity index (χ0) is 11.5. The molecule has 1 fully saturated rings. The van der Waals surface area contributed by atoms with E-state index in [4.69, 9.17) is 5.11 Å². The Labute approximate surface area is 102 Å². The lowest BCUT2D eigenvalue weighted by Crippen LogP contribution is -2.08. The van der Waals surface area contributed by atoms with E-state index in [0.29, 0.717) is 0 Å². The third-order valence-corrected chi connectivity index (χ3v) is 5.23. The van der Waals surface area contributed by atoms with E-state index >= 15 is 0 Å². The fourth-order valence-corrected chi connectivity index (χ4v) is 4.36. The average molecular weight is 256 g/mol. The highest BCUT2D eigenvalue weighted by Gasteiger charge is 2.20. The van der Waals surface area contributed by atoms with Gasteiger partial charge in [-0.25, -0.2) is 4.79 Å². The Morgan fingerprint density at radius 1 is 1.38 bits per heavy atom. The second-order valence-corrected chi connectivity index (χ2v) is 5.97. The number of benzene rings is 1. The molecule has 1 aliphatic rings. The van der Waals surface area contributed by atoms with Crippen LogP contribution in [0.3, 0.4) is 0 Å². The third-order valence-electron chi connectivity index (χ3n) is 2.44. The van der Waals surface area contributed by atoms with Crippen LogP contribution in [0, 0.1) is 0 Å². The highest BCUT2D eigenvalue weighted by atomic mass is 32.2. The SMILES string of the molecule is O=C(O)c1ccc(O)c(C2CSCCS2)c1. The molecule has 1 unspecified atom stereocenters. The van der Waals surface area contributed by atoms with Crippen LogP contribution in [0.2, 0.25) is 0 Å². The maximum atomic E-state index is 10.9. The van der Waals surface area contributed by atoms with Gasteiger partial charge < -0.3 is 10.2 Å². The Morgan fingerprint density at radius 2 is 2.19 bits per heavy atom. The molecule has 0 aromatic heterocycles. The monoisotopic (exact) mass is 256 g/mol. The molecular weight excluding hydrogens is 244 g/mol. The normalized spacial score (nSPS) is 20.6. The first-order valence-corrected chi connectivity index (χ1v) is 7.14. The van der Waals surface area contributed by atoms with E-state index in [0.717, 1.165) is 22.8 Å². The quantitative estimate of drug-likeness (QED) is 0.852. The molecule has 5 heteroatoms. The summed E-state index contributed by atoms with van der Waals surface area (Å²) in [6.45, 7) is 0. The number of aromatic carboxylic acids is 1. The number of phenolic OH excluding ortho intramolecular Hbond substituents is 1. The second-order valence-electron chi connectivity index (χ2n) is 3.51. The summed E-state index contributed by atoms with van der Waals surface area (Å²) in [6.07, 6.45) is 0. The largest absolute Gasteiger partial charge is 0.508 e. The molecule has 0 saturated carbocycles. The Balaban J connectivity index is 2.30. The Hall–Kier alpha value is -0.810. The number of hydrogen-bond donors (Lipinski definition) is 2. The van der Waals surface area contributed by atoms with Crippen LogP contribution in [-0.4, -0.2) is 33.4 Å². The van der Waals surface area contributed by atoms with Gasteiger partial charge >= 0.3 is 5.97 Å².